The summed E-state index contributed by atoms with van der Waals surface area (Å²) in [5.74, 6) is -6.11. The monoisotopic (exact) mass is 678 g/mol. The van der Waals surface area contributed by atoms with E-state index in [0.29, 0.717) is 56.1 Å². The van der Waals surface area contributed by atoms with Crippen molar-refractivity contribution in [3.05, 3.63) is 47.8 Å². The van der Waals surface area contributed by atoms with Gasteiger partial charge in [-0.25, -0.2) is 13.2 Å². The molecule has 1 saturated heterocycles. The van der Waals surface area contributed by atoms with Crippen LogP contribution in [0.2, 0.25) is 0 Å². The average molecular weight is 679 g/mol. The molecule has 2 saturated carbocycles. The summed E-state index contributed by atoms with van der Waals surface area (Å²) in [6.45, 7) is 3.48. The van der Waals surface area contributed by atoms with E-state index in [1.807, 2.05) is 0 Å². The maximum Gasteiger partial charge on any atom is 0.573 e. The quantitative estimate of drug-likeness (QED) is 0.175. The van der Waals surface area contributed by atoms with Gasteiger partial charge in [-0.05, 0) is 80.2 Å². The molecule has 0 radical (unpaired) electrons. The van der Waals surface area contributed by atoms with E-state index in [4.69, 9.17) is 14.2 Å². The number of hydrogen-bond donors (Lipinski definition) is 0. The summed E-state index contributed by atoms with van der Waals surface area (Å²) in [6, 6.07) is 3.52. The van der Waals surface area contributed by atoms with Gasteiger partial charge in [0, 0.05) is 23.5 Å². The van der Waals surface area contributed by atoms with E-state index < -0.39 is 64.8 Å². The largest absolute Gasteiger partial charge is 0.573 e. The molecule has 0 spiro atoms. The second kappa shape index (κ2) is 15.3. The lowest BCUT2D eigenvalue weighted by Gasteiger charge is -2.41. The molecule has 2 aromatic rings. The van der Waals surface area contributed by atoms with Crippen molar-refractivity contribution in [3.8, 4) is 22.6 Å². The Morgan fingerprint density at radius 2 is 1.32 bits per heavy atom. The first-order valence-corrected chi connectivity index (χ1v) is 16.7. The Labute approximate surface area is 270 Å². The van der Waals surface area contributed by atoms with Crippen LogP contribution in [0.3, 0.4) is 0 Å². The van der Waals surface area contributed by atoms with Gasteiger partial charge in [-0.3, -0.25) is 0 Å². The van der Waals surface area contributed by atoms with Crippen molar-refractivity contribution in [1.82, 2.24) is 0 Å². The van der Waals surface area contributed by atoms with Crippen LogP contribution in [0.25, 0.3) is 11.1 Å². The molecule has 0 unspecified atom stereocenters. The van der Waals surface area contributed by atoms with Crippen LogP contribution in [0, 0.1) is 47.0 Å². The van der Waals surface area contributed by atoms with E-state index >= 15 is 8.78 Å². The zero-order valence-electron chi connectivity index (χ0n) is 26.4. The highest BCUT2D eigenvalue weighted by Gasteiger charge is 2.46. The molecular weight excluding hydrogens is 636 g/mol. The molecule has 1 heterocycles. The number of ether oxygens (including phenoxy) is 4. The summed E-state index contributed by atoms with van der Waals surface area (Å²) in [5.41, 5.74) is -0.880. The van der Waals surface area contributed by atoms with Gasteiger partial charge in [0.15, 0.2) is 17.9 Å². The number of benzene rings is 2. The average Bonchev–Trinajstić information content (AvgIpc) is 3.03. The van der Waals surface area contributed by atoms with E-state index in [0.717, 1.165) is 18.1 Å². The third-order valence-electron chi connectivity index (χ3n) is 10.1. The van der Waals surface area contributed by atoms with E-state index in [9.17, 15) is 26.3 Å². The van der Waals surface area contributed by atoms with Crippen LogP contribution in [0.15, 0.2) is 30.3 Å². The molecule has 0 amide bonds. The van der Waals surface area contributed by atoms with Crippen LogP contribution >= 0.6 is 0 Å². The third kappa shape index (κ3) is 9.31. The van der Waals surface area contributed by atoms with Crippen molar-refractivity contribution < 1.29 is 54.1 Å². The van der Waals surface area contributed by atoms with Crippen molar-refractivity contribution in [2.75, 3.05) is 13.2 Å². The van der Waals surface area contributed by atoms with Crippen LogP contribution in [-0.4, -0.2) is 32.0 Å². The molecule has 2 aromatic carbocycles. The summed E-state index contributed by atoms with van der Waals surface area (Å²) >= 11 is 0. The SMILES string of the molecule is CCCCCC1CCC(C2COC(C3CCC(C(F)(F)Oc4ccc(-c5cc(F)c(OC(F)(F)F)c(F)c5)c(F)c4)CC3)OC2)CC1. The molecule has 4 nitrogen and oxygen atoms in total. The van der Waals surface area contributed by atoms with E-state index in [2.05, 4.69) is 11.7 Å². The summed E-state index contributed by atoms with van der Waals surface area (Å²) in [6.07, 6.45) is 1.97. The molecule has 0 N–H and O–H groups in total. The fourth-order valence-corrected chi connectivity index (χ4v) is 7.40. The lowest BCUT2D eigenvalue weighted by atomic mass is 9.74. The van der Waals surface area contributed by atoms with Gasteiger partial charge in [0.05, 0.1) is 19.1 Å². The minimum atomic E-state index is -5.34. The van der Waals surface area contributed by atoms with Crippen LogP contribution in [-0.2, 0) is 9.47 Å². The standard InChI is InChI=1S/C35H42F8O4/c1-2-3-4-5-21-6-8-22(9-7-21)25-19-44-33(45-20-25)23-10-12-26(13-11-23)34(39,40)46-27-14-15-28(29(36)18-27)24-16-30(37)32(31(38)17-24)47-35(41,42)43/h14-18,21-23,25-26,33H,2-13,19-20H2,1H3. The molecule has 3 fully saturated rings. The van der Waals surface area contributed by atoms with Crippen molar-refractivity contribution in [2.45, 2.75) is 103 Å². The Morgan fingerprint density at radius 1 is 0.702 bits per heavy atom. The maximum absolute atomic E-state index is 15.2. The van der Waals surface area contributed by atoms with Crippen molar-refractivity contribution in [3.63, 3.8) is 0 Å². The smallest absolute Gasteiger partial charge is 0.432 e. The van der Waals surface area contributed by atoms with E-state index in [1.165, 1.54) is 51.4 Å². The van der Waals surface area contributed by atoms with Gasteiger partial charge < -0.3 is 18.9 Å². The summed E-state index contributed by atoms with van der Waals surface area (Å²) in [4.78, 5) is 0. The first-order chi connectivity index (χ1) is 22.3. The number of hydrogen-bond acceptors (Lipinski definition) is 4. The molecule has 2 aliphatic carbocycles. The minimum Gasteiger partial charge on any atom is -0.432 e. The van der Waals surface area contributed by atoms with Crippen molar-refractivity contribution in [1.29, 1.82) is 0 Å². The Balaban J connectivity index is 1.09. The summed E-state index contributed by atoms with van der Waals surface area (Å²) in [5, 5.41) is 0. The van der Waals surface area contributed by atoms with Gasteiger partial charge in [0.2, 0.25) is 5.75 Å². The highest BCUT2D eigenvalue weighted by Crippen LogP contribution is 2.44. The highest BCUT2D eigenvalue weighted by atomic mass is 19.4. The zero-order chi connectivity index (χ0) is 33.8. The predicted molar refractivity (Wildman–Crippen MR) is 158 cm³/mol. The molecule has 262 valence electrons. The molecule has 0 atom stereocenters. The Kier molecular flexibility index (Phi) is 11.6. The Morgan fingerprint density at radius 3 is 1.89 bits per heavy atom. The molecule has 47 heavy (non-hydrogen) atoms. The molecule has 0 bridgehead atoms. The fraction of sp³-hybridized carbons (Fsp3) is 0.657. The Bertz CT molecular complexity index is 1290. The van der Waals surface area contributed by atoms with Crippen LogP contribution in [0.1, 0.15) is 84.0 Å². The van der Waals surface area contributed by atoms with Gasteiger partial charge in [0.25, 0.3) is 0 Å². The van der Waals surface area contributed by atoms with Crippen LogP contribution < -0.4 is 9.47 Å². The third-order valence-corrected chi connectivity index (χ3v) is 10.1. The maximum atomic E-state index is 15.2. The second-order valence-electron chi connectivity index (χ2n) is 13.3. The van der Waals surface area contributed by atoms with E-state index in [1.54, 1.807) is 0 Å². The lowest BCUT2D eigenvalue weighted by Crippen LogP contribution is -2.43. The van der Waals surface area contributed by atoms with Crippen molar-refractivity contribution in [2.24, 2.45) is 29.6 Å². The van der Waals surface area contributed by atoms with Gasteiger partial charge in [0.1, 0.15) is 11.6 Å². The number of unbranched alkanes of at least 4 members (excludes halogenated alkanes) is 2. The van der Waals surface area contributed by atoms with Crippen molar-refractivity contribution >= 4 is 0 Å². The highest BCUT2D eigenvalue weighted by molar-refractivity contribution is 5.66. The molecule has 3 aliphatic rings. The minimum absolute atomic E-state index is 0.0114. The number of halogens is 8. The van der Waals surface area contributed by atoms with Gasteiger partial charge in [-0.2, -0.15) is 8.78 Å². The molecule has 5 rings (SSSR count). The topological polar surface area (TPSA) is 36.9 Å². The van der Waals surface area contributed by atoms with Gasteiger partial charge in [-0.15, -0.1) is 13.2 Å². The van der Waals surface area contributed by atoms with E-state index in [-0.39, 0.29) is 18.8 Å². The molecule has 1 aliphatic heterocycles. The number of alkyl halides is 5. The van der Waals surface area contributed by atoms with Gasteiger partial charge in [-0.1, -0.05) is 45.4 Å². The Hall–Kier alpha value is -2.60. The zero-order valence-corrected chi connectivity index (χ0v) is 26.4. The molecule has 12 heteroatoms. The normalized spacial score (nSPS) is 27.4. The molecule has 0 aromatic heterocycles. The second-order valence-corrected chi connectivity index (χ2v) is 13.3. The number of rotatable bonds is 11. The summed E-state index contributed by atoms with van der Waals surface area (Å²) < 4.78 is 131. The summed E-state index contributed by atoms with van der Waals surface area (Å²) in [7, 11) is 0. The first kappa shape index (κ1) is 35.7. The van der Waals surface area contributed by atoms with Gasteiger partial charge >= 0.3 is 12.5 Å². The van der Waals surface area contributed by atoms with Crippen LogP contribution in [0.5, 0.6) is 11.5 Å². The fourth-order valence-electron chi connectivity index (χ4n) is 7.40. The lowest BCUT2D eigenvalue weighted by molar-refractivity contribution is -0.276. The first-order valence-electron chi connectivity index (χ1n) is 16.7. The molecular formula is C35H42F8O4. The van der Waals surface area contributed by atoms with Crippen LogP contribution in [0.4, 0.5) is 35.1 Å². The predicted octanol–water partition coefficient (Wildman–Crippen LogP) is 10.8.